The number of nitrogens with zero attached hydrogens (tertiary/aromatic N) is 2. The molecule has 6 heteroatoms. The fraction of sp³-hybridized carbons (Fsp3) is 0.533. The molecule has 1 fully saturated rings. The third kappa shape index (κ3) is 2.10. The maximum absolute atomic E-state index is 6.61. The first-order chi connectivity index (χ1) is 9.64. The topological polar surface area (TPSA) is 36.3 Å². The Balaban J connectivity index is 2.11. The van der Waals surface area contributed by atoms with Crippen LogP contribution in [0.15, 0.2) is 12.1 Å². The third-order valence-corrected chi connectivity index (χ3v) is 5.13. The van der Waals surface area contributed by atoms with Crippen LogP contribution >= 0.6 is 11.6 Å². The molecule has 4 nitrogen and oxygen atoms in total. The van der Waals surface area contributed by atoms with E-state index in [1.54, 1.807) is 0 Å². The first-order valence-electron chi connectivity index (χ1n) is 7.11. The minimum atomic E-state index is -0.456. The highest BCUT2D eigenvalue weighted by atomic mass is 35.5. The zero-order chi connectivity index (χ0) is 15.6. The minimum Gasteiger partial charge on any atom is -0.399 e. The van der Waals surface area contributed by atoms with Crippen molar-refractivity contribution in [2.24, 2.45) is 7.05 Å². The Bertz CT molecular complexity index is 708. The smallest absolute Gasteiger partial charge is 0.399 e. The lowest BCUT2D eigenvalue weighted by Crippen LogP contribution is -2.41. The van der Waals surface area contributed by atoms with E-state index in [1.165, 1.54) is 0 Å². The van der Waals surface area contributed by atoms with Gasteiger partial charge in [0.25, 0.3) is 0 Å². The van der Waals surface area contributed by atoms with Crippen LogP contribution < -0.4 is 5.46 Å². The number of halogens is 1. The van der Waals surface area contributed by atoms with Crippen molar-refractivity contribution in [2.75, 3.05) is 0 Å². The molecule has 1 aromatic carbocycles. The van der Waals surface area contributed by atoms with Gasteiger partial charge in [0.1, 0.15) is 5.82 Å². The molecule has 0 spiro atoms. The van der Waals surface area contributed by atoms with Crippen LogP contribution in [-0.2, 0) is 16.4 Å². The van der Waals surface area contributed by atoms with E-state index in [0.29, 0.717) is 5.02 Å². The average Bonchev–Trinajstić information content (AvgIpc) is 2.75. The van der Waals surface area contributed by atoms with E-state index in [4.69, 9.17) is 20.9 Å². The number of rotatable bonds is 1. The van der Waals surface area contributed by atoms with Gasteiger partial charge in [-0.25, -0.2) is 4.98 Å². The summed E-state index contributed by atoms with van der Waals surface area (Å²) < 4.78 is 14.2. The van der Waals surface area contributed by atoms with E-state index < -0.39 is 7.12 Å². The van der Waals surface area contributed by atoms with Crippen molar-refractivity contribution in [2.45, 2.75) is 45.8 Å². The van der Waals surface area contributed by atoms with Crippen molar-refractivity contribution in [3.8, 4) is 0 Å². The first-order valence-corrected chi connectivity index (χ1v) is 7.49. The highest BCUT2D eigenvalue weighted by molar-refractivity contribution is 6.66. The highest BCUT2D eigenvalue weighted by Crippen LogP contribution is 2.37. The zero-order valence-electron chi connectivity index (χ0n) is 13.3. The number of aryl methyl sites for hydroxylation is 2. The van der Waals surface area contributed by atoms with Crippen molar-refractivity contribution < 1.29 is 9.31 Å². The number of imidazole rings is 1. The Morgan fingerprint density at radius 1 is 1.14 bits per heavy atom. The van der Waals surface area contributed by atoms with Gasteiger partial charge in [-0.05, 0) is 40.7 Å². The normalized spacial score (nSPS) is 20.4. The summed E-state index contributed by atoms with van der Waals surface area (Å²) in [5.74, 6) is 0.929. The molecule has 1 aliphatic rings. The van der Waals surface area contributed by atoms with Gasteiger partial charge in [0, 0.05) is 12.5 Å². The van der Waals surface area contributed by atoms with E-state index in [0.717, 1.165) is 22.3 Å². The molecule has 1 aromatic heterocycles. The number of aromatic nitrogens is 2. The molecule has 2 aromatic rings. The van der Waals surface area contributed by atoms with Gasteiger partial charge in [-0.15, -0.1) is 0 Å². The quantitative estimate of drug-likeness (QED) is 0.760. The Hall–Kier alpha value is -1.04. The molecule has 3 rings (SSSR count). The van der Waals surface area contributed by atoms with Crippen LogP contribution in [0.5, 0.6) is 0 Å². The van der Waals surface area contributed by atoms with Crippen molar-refractivity contribution in [1.29, 1.82) is 0 Å². The molecule has 0 unspecified atom stereocenters. The maximum Gasteiger partial charge on any atom is 0.496 e. The largest absolute Gasteiger partial charge is 0.496 e. The predicted octanol–water partition coefficient (Wildman–Crippen LogP) is 2.83. The van der Waals surface area contributed by atoms with Crippen molar-refractivity contribution in [3.05, 3.63) is 23.0 Å². The Morgan fingerprint density at radius 2 is 1.71 bits per heavy atom. The second-order valence-corrected chi connectivity index (χ2v) is 7.02. The fourth-order valence-corrected chi connectivity index (χ4v) is 2.92. The molecule has 0 atom stereocenters. The molecular formula is C15H20BClN2O2. The SMILES string of the molecule is Cc1nc2ccc(B3OC(C)(C)C(C)(C)O3)c(Cl)c2n1C. The van der Waals surface area contributed by atoms with E-state index in [9.17, 15) is 0 Å². The molecule has 21 heavy (non-hydrogen) atoms. The molecule has 0 amide bonds. The predicted molar refractivity (Wildman–Crippen MR) is 86.2 cm³/mol. The van der Waals surface area contributed by atoms with Crippen LogP contribution in [0.1, 0.15) is 33.5 Å². The lowest BCUT2D eigenvalue weighted by atomic mass is 9.79. The van der Waals surface area contributed by atoms with Crippen LogP contribution in [0.4, 0.5) is 0 Å². The number of hydrogen-bond donors (Lipinski definition) is 0. The van der Waals surface area contributed by atoms with Gasteiger partial charge in [-0.1, -0.05) is 17.7 Å². The fourth-order valence-electron chi connectivity index (χ4n) is 2.54. The molecule has 0 aliphatic carbocycles. The zero-order valence-corrected chi connectivity index (χ0v) is 14.1. The van der Waals surface area contributed by atoms with Gasteiger partial charge in [-0.2, -0.15) is 0 Å². The van der Waals surface area contributed by atoms with Gasteiger partial charge < -0.3 is 13.9 Å². The molecule has 1 aliphatic heterocycles. The molecular weight excluding hydrogens is 286 g/mol. The third-order valence-electron chi connectivity index (χ3n) is 4.73. The Morgan fingerprint density at radius 3 is 2.29 bits per heavy atom. The molecule has 2 heterocycles. The Labute approximate surface area is 130 Å². The summed E-state index contributed by atoms with van der Waals surface area (Å²) in [5, 5.41) is 0.647. The van der Waals surface area contributed by atoms with E-state index in [2.05, 4.69) is 4.98 Å². The van der Waals surface area contributed by atoms with Crippen molar-refractivity contribution in [3.63, 3.8) is 0 Å². The minimum absolute atomic E-state index is 0.377. The van der Waals surface area contributed by atoms with Crippen LogP contribution in [0.25, 0.3) is 11.0 Å². The maximum atomic E-state index is 6.61. The summed E-state index contributed by atoms with van der Waals surface area (Å²) in [5.41, 5.74) is 1.91. The standard InChI is InChI=1S/C15H20BClN2O2/c1-9-18-11-8-7-10(12(17)13(11)19(9)6)16-20-14(2,3)15(4,5)21-16/h7-8H,1-6H3. The van der Waals surface area contributed by atoms with Gasteiger partial charge in [-0.3, -0.25) is 0 Å². The Kier molecular flexibility index (Phi) is 3.17. The summed E-state index contributed by atoms with van der Waals surface area (Å²) >= 11 is 6.61. The number of fused-ring (bicyclic) bond motifs is 1. The monoisotopic (exact) mass is 306 g/mol. The van der Waals surface area contributed by atoms with Gasteiger partial charge >= 0.3 is 7.12 Å². The van der Waals surface area contributed by atoms with Gasteiger partial charge in [0.2, 0.25) is 0 Å². The van der Waals surface area contributed by atoms with Gasteiger partial charge in [0.15, 0.2) is 0 Å². The second-order valence-electron chi connectivity index (χ2n) is 6.64. The van der Waals surface area contributed by atoms with Crippen LogP contribution in [0.3, 0.4) is 0 Å². The molecule has 1 saturated heterocycles. The summed E-state index contributed by atoms with van der Waals surface area (Å²) in [7, 11) is 1.51. The van der Waals surface area contributed by atoms with Crippen LogP contribution in [-0.4, -0.2) is 27.9 Å². The van der Waals surface area contributed by atoms with E-state index in [1.807, 2.05) is 58.4 Å². The lowest BCUT2D eigenvalue weighted by molar-refractivity contribution is 0.00578. The summed E-state index contributed by atoms with van der Waals surface area (Å²) in [6.07, 6.45) is 0. The number of hydrogen-bond acceptors (Lipinski definition) is 3. The summed E-state index contributed by atoms with van der Waals surface area (Å²) in [6.45, 7) is 10.1. The lowest BCUT2D eigenvalue weighted by Gasteiger charge is -2.32. The molecule has 0 N–H and O–H groups in total. The van der Waals surface area contributed by atoms with Crippen LogP contribution in [0.2, 0.25) is 5.02 Å². The first kappa shape index (κ1) is 14.9. The van der Waals surface area contributed by atoms with Gasteiger partial charge in [0.05, 0.1) is 27.3 Å². The number of benzene rings is 1. The summed E-state index contributed by atoms with van der Waals surface area (Å²) in [4.78, 5) is 4.50. The highest BCUT2D eigenvalue weighted by Gasteiger charge is 2.52. The van der Waals surface area contributed by atoms with Crippen molar-refractivity contribution in [1.82, 2.24) is 9.55 Å². The van der Waals surface area contributed by atoms with E-state index in [-0.39, 0.29) is 11.2 Å². The molecule has 0 bridgehead atoms. The molecule has 0 radical (unpaired) electrons. The molecule has 112 valence electrons. The second kappa shape index (κ2) is 4.48. The summed E-state index contributed by atoms with van der Waals surface area (Å²) in [6, 6.07) is 3.91. The van der Waals surface area contributed by atoms with Crippen molar-refractivity contribution >= 4 is 35.2 Å². The van der Waals surface area contributed by atoms with E-state index >= 15 is 0 Å². The van der Waals surface area contributed by atoms with Crippen LogP contribution in [0, 0.1) is 6.92 Å². The average molecular weight is 307 g/mol. The molecule has 0 saturated carbocycles.